The Morgan fingerprint density at radius 1 is 1.67 bits per heavy atom. The lowest BCUT2D eigenvalue weighted by Gasteiger charge is -2.13. The van der Waals surface area contributed by atoms with Crippen molar-refractivity contribution in [2.45, 2.75) is 4.21 Å². The average molecular weight is 314 g/mol. The molecule has 0 fully saturated rings. The normalized spacial score (nSPS) is 11.7. The van der Waals surface area contributed by atoms with Gasteiger partial charge < -0.3 is 5.73 Å². The molecular formula is C7H8ClN3O5S2. The smallest absolute Gasteiger partial charge is 0.300 e. The molecule has 0 saturated carbocycles. The van der Waals surface area contributed by atoms with Gasteiger partial charge in [0.05, 0.1) is 11.5 Å². The number of nitrogens with two attached hydrogens (primary N) is 1. The molecule has 0 atom stereocenters. The number of thiophene rings is 1. The van der Waals surface area contributed by atoms with Gasteiger partial charge in [0.25, 0.3) is 15.7 Å². The number of hydrogen-bond acceptors (Lipinski definition) is 6. The van der Waals surface area contributed by atoms with Gasteiger partial charge in [0.2, 0.25) is 5.91 Å². The molecule has 0 aromatic carbocycles. The van der Waals surface area contributed by atoms with E-state index in [2.05, 4.69) is 0 Å². The molecule has 1 rings (SSSR count). The summed E-state index contributed by atoms with van der Waals surface area (Å²) in [6.45, 7) is -0.522. The van der Waals surface area contributed by atoms with Crippen molar-refractivity contribution in [3.8, 4) is 0 Å². The van der Waals surface area contributed by atoms with Crippen LogP contribution in [0.25, 0.3) is 0 Å². The van der Waals surface area contributed by atoms with Crippen LogP contribution >= 0.6 is 22.9 Å². The maximum Gasteiger partial charge on any atom is 0.300 e. The second kappa shape index (κ2) is 5.18. The fraction of sp³-hybridized carbons (Fsp3) is 0.286. The summed E-state index contributed by atoms with van der Waals surface area (Å²) in [6, 6.07) is 0.847. The Labute approximate surface area is 111 Å². The maximum absolute atomic E-state index is 11.9. The molecule has 0 unspecified atom stereocenters. The van der Waals surface area contributed by atoms with Gasteiger partial charge in [-0.2, -0.15) is 4.31 Å². The van der Waals surface area contributed by atoms with E-state index in [1.165, 1.54) is 0 Å². The van der Waals surface area contributed by atoms with Crippen molar-refractivity contribution >= 4 is 44.6 Å². The van der Waals surface area contributed by atoms with Gasteiger partial charge in [0, 0.05) is 13.1 Å². The number of amides is 1. The Hall–Kier alpha value is -1.23. The summed E-state index contributed by atoms with van der Waals surface area (Å²) in [5, 5.41) is 10.6. The zero-order chi connectivity index (χ0) is 14.1. The van der Waals surface area contributed by atoms with Gasteiger partial charge in [0.15, 0.2) is 4.34 Å². The highest BCUT2D eigenvalue weighted by atomic mass is 35.5. The van der Waals surface area contributed by atoms with Crippen molar-refractivity contribution in [3.05, 3.63) is 20.5 Å². The molecule has 0 bridgehead atoms. The highest BCUT2D eigenvalue weighted by molar-refractivity contribution is 7.91. The minimum absolute atomic E-state index is 0.244. The molecule has 0 saturated heterocycles. The number of hydrogen-bond donors (Lipinski definition) is 1. The van der Waals surface area contributed by atoms with Crippen LogP contribution in [0.4, 0.5) is 5.69 Å². The highest BCUT2D eigenvalue weighted by Gasteiger charge is 2.29. The monoisotopic (exact) mass is 313 g/mol. The van der Waals surface area contributed by atoms with Crippen LogP contribution in [0.1, 0.15) is 0 Å². The van der Waals surface area contributed by atoms with E-state index in [0.29, 0.717) is 15.6 Å². The van der Waals surface area contributed by atoms with Crippen LogP contribution in [0.3, 0.4) is 0 Å². The Morgan fingerprint density at radius 3 is 2.61 bits per heavy atom. The van der Waals surface area contributed by atoms with Gasteiger partial charge in [0.1, 0.15) is 4.21 Å². The molecule has 100 valence electrons. The zero-order valence-electron chi connectivity index (χ0n) is 8.99. The lowest BCUT2D eigenvalue weighted by Crippen LogP contribution is -2.34. The minimum Gasteiger partial charge on any atom is -0.369 e. The van der Waals surface area contributed by atoms with E-state index in [1.54, 1.807) is 0 Å². The molecule has 0 aliphatic heterocycles. The number of rotatable bonds is 5. The van der Waals surface area contributed by atoms with Crippen molar-refractivity contribution in [2.24, 2.45) is 5.73 Å². The van der Waals surface area contributed by atoms with Crippen LogP contribution in [-0.4, -0.2) is 37.1 Å². The van der Waals surface area contributed by atoms with Gasteiger partial charge >= 0.3 is 0 Å². The molecule has 8 nitrogen and oxygen atoms in total. The van der Waals surface area contributed by atoms with E-state index in [9.17, 15) is 23.3 Å². The first-order valence-electron chi connectivity index (χ1n) is 4.34. The van der Waals surface area contributed by atoms with Crippen molar-refractivity contribution in [1.29, 1.82) is 0 Å². The quantitative estimate of drug-likeness (QED) is 0.623. The SMILES string of the molecule is CN(CC(N)=O)S(=O)(=O)c1cc([N+](=O)[O-])c(Cl)s1. The van der Waals surface area contributed by atoms with E-state index < -0.39 is 33.1 Å². The Balaban J connectivity index is 3.17. The number of nitro groups is 1. The number of halogens is 1. The second-order valence-corrected chi connectivity index (χ2v) is 7.13. The molecule has 2 N–H and O–H groups in total. The van der Waals surface area contributed by atoms with Crippen molar-refractivity contribution < 1.29 is 18.1 Å². The lowest BCUT2D eigenvalue weighted by molar-refractivity contribution is -0.384. The Morgan fingerprint density at radius 2 is 2.22 bits per heavy atom. The van der Waals surface area contributed by atoms with Gasteiger partial charge in [-0.1, -0.05) is 11.6 Å². The molecule has 1 amide bonds. The summed E-state index contributed by atoms with van der Waals surface area (Å²) in [7, 11) is -2.87. The molecule has 1 aromatic rings. The number of likely N-dealkylation sites (N-methyl/N-ethyl adjacent to an activating group) is 1. The van der Waals surface area contributed by atoms with Gasteiger partial charge in [-0.3, -0.25) is 14.9 Å². The Kier molecular flexibility index (Phi) is 4.27. The maximum atomic E-state index is 11.9. The summed E-state index contributed by atoms with van der Waals surface area (Å²) < 4.78 is 23.9. The van der Waals surface area contributed by atoms with Crippen LogP contribution in [-0.2, 0) is 14.8 Å². The van der Waals surface area contributed by atoms with Gasteiger partial charge in [-0.05, 0) is 0 Å². The Bertz CT molecular complexity index is 596. The number of carbonyl (C=O) groups excluding carboxylic acids is 1. The summed E-state index contributed by atoms with van der Waals surface area (Å²) in [5.74, 6) is -0.835. The zero-order valence-corrected chi connectivity index (χ0v) is 11.4. The summed E-state index contributed by atoms with van der Waals surface area (Å²) >= 11 is 6.11. The van der Waals surface area contributed by atoms with Gasteiger partial charge in [-0.15, -0.1) is 11.3 Å². The number of sulfonamides is 1. The standard InChI is InChI=1S/C7H8ClN3O5S2/c1-10(3-5(9)12)18(15,16)6-2-4(11(13)14)7(8)17-6/h2H,3H2,1H3,(H2,9,12). The molecule has 0 spiro atoms. The van der Waals surface area contributed by atoms with Crippen molar-refractivity contribution in [2.75, 3.05) is 13.6 Å². The number of carbonyl (C=O) groups is 1. The lowest BCUT2D eigenvalue weighted by atomic mass is 10.6. The van der Waals surface area contributed by atoms with E-state index in [-0.39, 0.29) is 8.55 Å². The van der Waals surface area contributed by atoms with E-state index in [1.807, 2.05) is 0 Å². The first kappa shape index (κ1) is 14.8. The molecule has 0 aliphatic rings. The third-order valence-corrected chi connectivity index (χ3v) is 5.48. The predicted octanol–water partition coefficient (Wildman–Crippen LogP) is 0.416. The van der Waals surface area contributed by atoms with Gasteiger partial charge in [-0.25, -0.2) is 8.42 Å². The highest BCUT2D eigenvalue weighted by Crippen LogP contribution is 2.37. The molecule has 11 heteroatoms. The number of primary amides is 1. The van der Waals surface area contributed by atoms with Crippen LogP contribution < -0.4 is 5.73 Å². The van der Waals surface area contributed by atoms with Crippen molar-refractivity contribution in [3.63, 3.8) is 0 Å². The van der Waals surface area contributed by atoms with E-state index in [0.717, 1.165) is 13.1 Å². The topological polar surface area (TPSA) is 124 Å². The molecular weight excluding hydrogens is 306 g/mol. The molecule has 0 radical (unpaired) electrons. The molecule has 1 aromatic heterocycles. The third-order valence-electron chi connectivity index (χ3n) is 1.89. The second-order valence-electron chi connectivity index (χ2n) is 3.21. The number of nitrogens with zero attached hydrogens (tertiary/aromatic N) is 2. The summed E-state index contributed by atoms with van der Waals surface area (Å²) in [5.41, 5.74) is 4.38. The van der Waals surface area contributed by atoms with Crippen LogP contribution in [0.15, 0.2) is 10.3 Å². The predicted molar refractivity (Wildman–Crippen MR) is 65.0 cm³/mol. The molecule has 0 aliphatic carbocycles. The largest absolute Gasteiger partial charge is 0.369 e. The minimum atomic E-state index is -4.01. The fourth-order valence-corrected chi connectivity index (χ4v) is 4.06. The van der Waals surface area contributed by atoms with Crippen LogP contribution in [0.5, 0.6) is 0 Å². The fourth-order valence-electron chi connectivity index (χ4n) is 1.05. The van der Waals surface area contributed by atoms with E-state index >= 15 is 0 Å². The average Bonchev–Trinajstić information content (AvgIpc) is 2.59. The first-order chi connectivity index (χ1) is 8.16. The van der Waals surface area contributed by atoms with Crippen molar-refractivity contribution in [1.82, 2.24) is 4.31 Å². The summed E-state index contributed by atoms with van der Waals surface area (Å²) in [4.78, 5) is 20.4. The molecule has 1 heterocycles. The van der Waals surface area contributed by atoms with E-state index in [4.69, 9.17) is 17.3 Å². The van der Waals surface area contributed by atoms with Crippen LogP contribution in [0, 0.1) is 10.1 Å². The molecule has 18 heavy (non-hydrogen) atoms. The first-order valence-corrected chi connectivity index (χ1v) is 6.98. The third kappa shape index (κ3) is 2.96. The van der Waals surface area contributed by atoms with Crippen LogP contribution in [0.2, 0.25) is 4.34 Å². The summed E-state index contributed by atoms with van der Waals surface area (Å²) in [6.07, 6.45) is 0.